The second-order valence-electron chi connectivity index (χ2n) is 39.9. The number of morpholine rings is 1. The zero-order valence-electron chi connectivity index (χ0n) is 68.5. The first-order valence-electron chi connectivity index (χ1n) is 36.7. The van der Waals surface area contributed by atoms with Crippen LogP contribution in [0.4, 0.5) is 0 Å². The molecular formula is C76H174N11O+9. The molecule has 0 N–H and O–H groups in total. The fourth-order valence-corrected chi connectivity index (χ4v) is 13.3. The van der Waals surface area contributed by atoms with Crippen LogP contribution in [0.2, 0.25) is 0 Å². The number of likely N-dealkylation sites (N-methyl/N-ethyl adjacent to an activating group) is 5. The fraction of sp³-hybridized carbons (Fsp3) is 1.00. The number of rotatable bonds is 3. The van der Waals surface area contributed by atoms with Gasteiger partial charge in [-0.05, 0) is 213 Å². The molecule has 0 aromatic heterocycles. The predicted octanol–water partition coefficient (Wildman–Crippen LogP) is 13.3. The lowest BCUT2D eigenvalue weighted by molar-refractivity contribution is -1.03. The minimum atomic E-state index is 0.365. The third-order valence-corrected chi connectivity index (χ3v) is 26.5. The molecule has 8 heterocycles. The average Bonchev–Trinajstić information content (AvgIpc) is 3.02. The van der Waals surface area contributed by atoms with Crippen molar-refractivity contribution in [3.63, 3.8) is 0 Å². The number of hydrogen-bond donors (Lipinski definition) is 0. The fourth-order valence-electron chi connectivity index (χ4n) is 13.3. The van der Waals surface area contributed by atoms with Gasteiger partial charge in [0, 0.05) is 45.6 Å². The maximum atomic E-state index is 5.34. The van der Waals surface area contributed by atoms with E-state index in [1.165, 1.54) is 201 Å². The molecule has 0 saturated carbocycles. The molecule has 8 aliphatic rings. The summed E-state index contributed by atoms with van der Waals surface area (Å²) < 4.78 is 16.3. The smallest absolute Gasteiger partial charge is 0.129 e. The van der Waals surface area contributed by atoms with Crippen LogP contribution >= 0.6 is 0 Å². The molecule has 0 radical (unpaired) electrons. The van der Waals surface area contributed by atoms with E-state index in [4.69, 9.17) is 4.74 Å². The normalized spacial score (nSPS) is 25.4. The quantitative estimate of drug-likeness (QED) is 0.262. The number of piperidine rings is 1. The van der Waals surface area contributed by atoms with Crippen molar-refractivity contribution in [2.24, 2.45) is 0 Å². The van der Waals surface area contributed by atoms with E-state index in [1.807, 2.05) is 0 Å². The highest BCUT2D eigenvalue weighted by Gasteiger charge is 2.47. The molecular weight excluding hydrogens is 1080 g/mol. The van der Waals surface area contributed by atoms with E-state index in [0.29, 0.717) is 44.3 Å². The Morgan fingerprint density at radius 2 is 0.580 bits per heavy atom. The van der Waals surface area contributed by atoms with Crippen molar-refractivity contribution >= 4 is 0 Å². The van der Waals surface area contributed by atoms with Crippen LogP contribution in [-0.4, -0.2) is 336 Å². The van der Waals surface area contributed by atoms with Crippen LogP contribution < -0.4 is 0 Å². The first-order chi connectivity index (χ1) is 39.1. The largest absolute Gasteiger partial charge is 0.370 e. The van der Waals surface area contributed by atoms with Crippen molar-refractivity contribution < 1.29 is 45.1 Å². The van der Waals surface area contributed by atoms with Gasteiger partial charge < -0.3 is 45.1 Å². The van der Waals surface area contributed by atoms with Crippen molar-refractivity contribution in [3.8, 4) is 0 Å². The highest BCUT2D eigenvalue weighted by atomic mass is 16.5. The molecule has 12 heteroatoms. The Balaban J connectivity index is 0.000000986. The highest BCUT2D eigenvalue weighted by molar-refractivity contribution is 4.78. The van der Waals surface area contributed by atoms with Crippen molar-refractivity contribution in [1.29, 1.82) is 0 Å². The van der Waals surface area contributed by atoms with Crippen LogP contribution in [0, 0.1) is 0 Å². The SMILES string of the molecule is CC(C)(C)[N+](C)(C)C.CC(C)(C)[N+]1(C)CCCC1.CC(C)(C)[N+]1(C)CCCCC1.CC(C)(C)[N+]1(C)CCOCC1.CC(C)(C)[N+]1(C)CC[N+](C)(C)CC1.CC(C)(C)[N+]12CCN(CC1)CC2.CC[N+](CC)(CC)C(C)(C)C.CN1CC[N+](C)(C(C)(C)C)CC1. The monoisotopic (exact) mass is 1260 g/mol. The number of likely N-dealkylation sites (tertiary alicyclic amines) is 2. The molecule has 8 rings (SSSR count). The molecule has 88 heavy (non-hydrogen) atoms. The van der Waals surface area contributed by atoms with Crippen LogP contribution in [0.15, 0.2) is 0 Å². The zero-order chi connectivity index (χ0) is 69.6. The van der Waals surface area contributed by atoms with Gasteiger partial charge in [0.25, 0.3) is 0 Å². The van der Waals surface area contributed by atoms with E-state index in [2.05, 4.69) is 274 Å². The summed E-state index contributed by atoms with van der Waals surface area (Å²) in [6.07, 6.45) is 7.15. The molecule has 12 nitrogen and oxygen atoms in total. The van der Waals surface area contributed by atoms with Gasteiger partial charge in [-0.1, -0.05) is 0 Å². The molecule has 0 aromatic rings. The summed E-state index contributed by atoms with van der Waals surface area (Å²) in [6.45, 7) is 94.8. The van der Waals surface area contributed by atoms with Crippen LogP contribution in [-0.2, 0) is 4.74 Å². The Morgan fingerprint density at radius 1 is 0.318 bits per heavy atom. The summed E-state index contributed by atoms with van der Waals surface area (Å²) in [7, 11) is 25.4. The van der Waals surface area contributed by atoms with Crippen LogP contribution in [0.3, 0.4) is 0 Å². The minimum Gasteiger partial charge on any atom is -0.370 e. The number of ether oxygens (including phenoxy) is 1. The van der Waals surface area contributed by atoms with Gasteiger partial charge in [0.05, 0.1) is 207 Å². The van der Waals surface area contributed by atoms with Crippen molar-refractivity contribution in [3.05, 3.63) is 0 Å². The lowest BCUT2D eigenvalue weighted by Crippen LogP contribution is -2.73. The molecule has 2 bridgehead atoms. The molecule has 0 spiro atoms. The van der Waals surface area contributed by atoms with Gasteiger partial charge in [-0.15, -0.1) is 0 Å². The Bertz CT molecular complexity index is 1810. The van der Waals surface area contributed by atoms with Gasteiger partial charge in [-0.3, -0.25) is 9.80 Å². The second kappa shape index (κ2) is 33.0. The summed E-state index contributed by atoms with van der Waals surface area (Å²) in [5.41, 5.74) is 3.31. The van der Waals surface area contributed by atoms with Crippen molar-refractivity contribution in [2.45, 2.75) is 263 Å². The zero-order valence-corrected chi connectivity index (χ0v) is 68.5. The third kappa shape index (κ3) is 25.9. The van der Waals surface area contributed by atoms with Gasteiger partial charge in [-0.25, -0.2) is 0 Å². The van der Waals surface area contributed by atoms with Gasteiger partial charge >= 0.3 is 0 Å². The summed E-state index contributed by atoms with van der Waals surface area (Å²) >= 11 is 0. The lowest BCUT2D eigenvalue weighted by Gasteiger charge is -2.57. The van der Waals surface area contributed by atoms with Crippen molar-refractivity contribution in [2.75, 3.05) is 241 Å². The van der Waals surface area contributed by atoms with Gasteiger partial charge in [0.15, 0.2) is 0 Å². The number of piperazine rings is 5. The molecule has 8 fully saturated rings. The van der Waals surface area contributed by atoms with E-state index < -0.39 is 0 Å². The van der Waals surface area contributed by atoms with Gasteiger partial charge in [0.1, 0.15) is 39.3 Å². The topological polar surface area (TPSA) is 15.7 Å². The van der Waals surface area contributed by atoms with Crippen LogP contribution in [0.5, 0.6) is 0 Å². The average molecular weight is 1260 g/mol. The van der Waals surface area contributed by atoms with Gasteiger partial charge in [0.2, 0.25) is 0 Å². The summed E-state index contributed by atoms with van der Waals surface area (Å²) in [4.78, 5) is 5.03. The molecule has 0 amide bonds. The first-order valence-corrected chi connectivity index (χ1v) is 36.7. The maximum Gasteiger partial charge on any atom is 0.129 e. The second-order valence-corrected chi connectivity index (χ2v) is 39.9. The number of fused-ring (bicyclic) bond motifs is 3. The molecule has 8 saturated heterocycles. The molecule has 530 valence electrons. The highest BCUT2D eigenvalue weighted by Crippen LogP contribution is 2.33. The van der Waals surface area contributed by atoms with Gasteiger partial charge in [-0.2, -0.15) is 0 Å². The summed E-state index contributed by atoms with van der Waals surface area (Å²) in [5.74, 6) is 0. The van der Waals surface area contributed by atoms with E-state index in [-0.39, 0.29) is 0 Å². The predicted molar refractivity (Wildman–Crippen MR) is 392 cm³/mol. The molecule has 0 atom stereocenters. The molecule has 8 aliphatic heterocycles. The molecule has 0 aliphatic carbocycles. The Morgan fingerprint density at radius 3 is 0.784 bits per heavy atom. The number of hydrogen-bond acceptors (Lipinski definition) is 3. The van der Waals surface area contributed by atoms with Crippen LogP contribution in [0.25, 0.3) is 0 Å². The number of nitrogens with zero attached hydrogens (tertiary/aromatic N) is 11. The third-order valence-electron chi connectivity index (χ3n) is 26.5. The first kappa shape index (κ1) is 87.5. The Kier molecular flexibility index (Phi) is 32.8. The molecule has 0 aromatic carbocycles. The van der Waals surface area contributed by atoms with Crippen LogP contribution in [0.1, 0.15) is 219 Å². The van der Waals surface area contributed by atoms with Crippen molar-refractivity contribution in [1.82, 2.24) is 9.80 Å². The summed E-state index contributed by atoms with van der Waals surface area (Å²) in [6, 6.07) is 0. The van der Waals surface area contributed by atoms with E-state index in [1.54, 1.807) is 0 Å². The lowest BCUT2D eigenvalue weighted by atomic mass is 9.96. The Labute approximate surface area is 556 Å². The molecule has 0 unspecified atom stereocenters. The Hall–Kier alpha value is -0.480. The standard InChI is InChI=1S/C11H26N2.C10H21N2.C10H23N2.C10H22N.C10H24N.C9H20NO.C9H20N.C7H18N/c1-11(2,3)13(6)9-7-12(4,5)8-10-13;1-10(2,3)12-7-4-11(5-8-12)6-9-12;1-10(2,3)12(5)8-6-11(4)7-9-12;1-10(2,3)11(4)8-6-5-7-9-11;1-7-11(8-2,9-3)10(4,5)6;1-9(2,3)10(4)5-7-11-8-6-10;1-9(2,3)10(4)7-5-6-8-10;1-7(2,3)8(4,5)6/h7-10H2,1-6H3;4-9H2,1-3H3;6-9H2,1-5H3;5-9H2,1-4H3;7-9H2,1-6H3;5-8H2,1-4H3;5-8H2,1-4H3;1-6H3/q+2;7*+1. The minimum absolute atomic E-state index is 0.365. The number of quaternary nitrogens is 9. The van der Waals surface area contributed by atoms with E-state index >= 15 is 0 Å². The summed E-state index contributed by atoms with van der Waals surface area (Å²) in [5, 5.41) is 0. The van der Waals surface area contributed by atoms with E-state index in [0.717, 1.165) is 35.3 Å². The van der Waals surface area contributed by atoms with E-state index in [9.17, 15) is 0 Å². The maximum absolute atomic E-state index is 5.34.